The number of aromatic nitrogens is 4. The van der Waals surface area contributed by atoms with E-state index in [-0.39, 0.29) is 0 Å². The van der Waals surface area contributed by atoms with Gasteiger partial charge in [0.25, 0.3) is 0 Å². The first kappa shape index (κ1) is 14.5. The van der Waals surface area contributed by atoms with Crippen LogP contribution in [0.4, 0.5) is 0 Å². The minimum atomic E-state index is 0.744. The Morgan fingerprint density at radius 2 is 1.27 bits per heavy atom. The predicted molar refractivity (Wildman–Crippen MR) is 107 cm³/mol. The molecule has 122 valence electrons. The Balaban J connectivity index is 1.90. The first-order valence-electron chi connectivity index (χ1n) is 8.31. The van der Waals surface area contributed by atoms with Gasteiger partial charge in [-0.3, -0.25) is 0 Å². The fourth-order valence-electron chi connectivity index (χ4n) is 3.16. The van der Waals surface area contributed by atoms with Crippen molar-refractivity contribution in [3.63, 3.8) is 0 Å². The molecule has 0 saturated carbocycles. The average molecular weight is 334 g/mol. The third-order valence-corrected chi connectivity index (χ3v) is 4.36. The van der Waals surface area contributed by atoms with Gasteiger partial charge in [0, 0.05) is 16.6 Å². The van der Waals surface area contributed by atoms with Crippen molar-refractivity contribution in [2.24, 2.45) is 0 Å². The topological polar surface area (TPSA) is 57.4 Å². The number of nitrogens with zero attached hydrogens (tertiary/aromatic N) is 2. The number of hydrogen-bond donors (Lipinski definition) is 2. The van der Waals surface area contributed by atoms with Crippen LogP contribution in [0.5, 0.6) is 0 Å². The highest BCUT2D eigenvalue weighted by Gasteiger charge is 2.06. The van der Waals surface area contributed by atoms with Crippen molar-refractivity contribution < 1.29 is 0 Å². The first-order valence-corrected chi connectivity index (χ1v) is 8.31. The van der Waals surface area contributed by atoms with Gasteiger partial charge in [0.15, 0.2) is 0 Å². The summed E-state index contributed by atoms with van der Waals surface area (Å²) in [5, 5.41) is 0. The van der Waals surface area contributed by atoms with E-state index >= 15 is 0 Å². The van der Waals surface area contributed by atoms with Crippen LogP contribution >= 0.6 is 0 Å². The molecular weight excluding hydrogens is 320 g/mol. The minimum Gasteiger partial charge on any atom is -0.355 e. The normalized spacial score (nSPS) is 12.3. The van der Waals surface area contributed by atoms with Crippen LogP contribution in [-0.2, 0) is 0 Å². The fourth-order valence-corrected chi connectivity index (χ4v) is 3.16. The zero-order valence-electron chi connectivity index (χ0n) is 13.8. The monoisotopic (exact) mass is 334 g/mol. The smallest absolute Gasteiger partial charge is 0.0815 e. The van der Waals surface area contributed by atoms with E-state index in [1.54, 1.807) is 0 Å². The summed E-state index contributed by atoms with van der Waals surface area (Å²) in [6.45, 7) is 0. The number of hydrogen-bond acceptors (Lipinski definition) is 2. The molecule has 2 aliphatic rings. The second-order valence-corrected chi connectivity index (χ2v) is 6.20. The third-order valence-electron chi connectivity index (χ3n) is 4.36. The first-order chi connectivity index (χ1) is 12.8. The van der Waals surface area contributed by atoms with Gasteiger partial charge in [-0.05, 0) is 66.8 Å². The Morgan fingerprint density at radius 3 is 1.96 bits per heavy atom. The number of terminal acetylenes is 1. The van der Waals surface area contributed by atoms with Gasteiger partial charge in [0.05, 0.1) is 33.9 Å². The molecule has 0 atom stereocenters. The third kappa shape index (κ3) is 2.52. The molecule has 5 rings (SSSR count). The summed E-state index contributed by atoms with van der Waals surface area (Å²) in [5.41, 5.74) is 7.99. The van der Waals surface area contributed by atoms with E-state index < -0.39 is 0 Å². The van der Waals surface area contributed by atoms with Crippen LogP contribution < -0.4 is 0 Å². The van der Waals surface area contributed by atoms with Crippen molar-refractivity contribution >= 4 is 46.4 Å². The molecule has 0 amide bonds. The summed E-state index contributed by atoms with van der Waals surface area (Å²) in [7, 11) is 0. The molecule has 5 heterocycles. The Labute approximate surface area is 150 Å². The van der Waals surface area contributed by atoms with Crippen LogP contribution in [0, 0.1) is 12.3 Å². The fraction of sp³-hybridized carbons (Fsp3) is 0. The number of fused-ring (bicyclic) bond motifs is 8. The highest BCUT2D eigenvalue weighted by atomic mass is 14.8. The van der Waals surface area contributed by atoms with Gasteiger partial charge in [-0.25, -0.2) is 9.97 Å². The van der Waals surface area contributed by atoms with E-state index in [1.165, 1.54) is 0 Å². The molecule has 0 saturated heterocycles. The van der Waals surface area contributed by atoms with Gasteiger partial charge in [-0.15, -0.1) is 6.42 Å². The molecule has 0 spiro atoms. The van der Waals surface area contributed by atoms with Gasteiger partial charge in [-0.1, -0.05) is 5.92 Å². The Bertz CT molecular complexity index is 1290. The quantitative estimate of drug-likeness (QED) is 0.405. The second kappa shape index (κ2) is 5.61. The van der Waals surface area contributed by atoms with Crippen LogP contribution in [0.25, 0.3) is 46.4 Å². The van der Waals surface area contributed by atoms with Gasteiger partial charge >= 0.3 is 0 Å². The van der Waals surface area contributed by atoms with Crippen molar-refractivity contribution in [3.05, 3.63) is 70.8 Å². The molecule has 0 aromatic carbocycles. The molecule has 4 heteroatoms. The molecule has 4 nitrogen and oxygen atoms in total. The van der Waals surface area contributed by atoms with E-state index in [2.05, 4.69) is 25.9 Å². The van der Waals surface area contributed by atoms with Gasteiger partial charge in [-0.2, -0.15) is 0 Å². The molecule has 3 aromatic heterocycles. The summed E-state index contributed by atoms with van der Waals surface area (Å²) < 4.78 is 0. The van der Waals surface area contributed by atoms with Crippen LogP contribution in [0.3, 0.4) is 0 Å². The molecule has 0 radical (unpaired) electrons. The van der Waals surface area contributed by atoms with Crippen LogP contribution in [0.15, 0.2) is 42.5 Å². The van der Waals surface area contributed by atoms with Gasteiger partial charge < -0.3 is 9.97 Å². The summed E-state index contributed by atoms with van der Waals surface area (Å²) in [6, 6.07) is 14.0. The average Bonchev–Trinajstić information content (AvgIpc) is 3.39. The van der Waals surface area contributed by atoms with Crippen molar-refractivity contribution in [2.75, 3.05) is 0 Å². The summed E-state index contributed by atoms with van der Waals surface area (Å²) in [6.07, 6.45) is 13.7. The zero-order valence-corrected chi connectivity index (χ0v) is 13.8. The van der Waals surface area contributed by atoms with Crippen LogP contribution in [0.1, 0.15) is 28.3 Å². The SMILES string of the molecule is C#Cc1c2nc(cc3ccc(cc4nc(cc5ccc1[nH]5)C=C4)[nH]3)C=C2. The molecule has 0 aliphatic carbocycles. The molecule has 2 N–H and O–H groups in total. The maximum absolute atomic E-state index is 5.76. The summed E-state index contributed by atoms with van der Waals surface area (Å²) in [4.78, 5) is 16.0. The Morgan fingerprint density at radius 1 is 0.692 bits per heavy atom. The van der Waals surface area contributed by atoms with E-state index in [4.69, 9.17) is 6.42 Å². The maximum atomic E-state index is 5.76. The lowest BCUT2D eigenvalue weighted by atomic mass is 10.2. The lowest BCUT2D eigenvalue weighted by molar-refractivity contribution is 1.30. The number of nitrogens with one attached hydrogen (secondary N) is 2. The largest absolute Gasteiger partial charge is 0.355 e. The van der Waals surface area contributed by atoms with Crippen molar-refractivity contribution in [1.82, 2.24) is 19.9 Å². The standard InChI is InChI=1S/C22H14N4/c1-2-20-21-9-7-18(25-21)12-16-5-3-14(23-16)11-15-4-6-17(24-15)13-19-8-10-22(20)26-19/h1,3-13,23,26H. The summed E-state index contributed by atoms with van der Waals surface area (Å²) >= 11 is 0. The highest BCUT2D eigenvalue weighted by Crippen LogP contribution is 2.20. The number of H-pyrrole nitrogens is 2. The second-order valence-electron chi connectivity index (χ2n) is 6.20. The molecule has 3 aromatic rings. The minimum absolute atomic E-state index is 0.744. The van der Waals surface area contributed by atoms with E-state index in [0.717, 1.165) is 50.4 Å². The molecule has 8 bridgehead atoms. The maximum Gasteiger partial charge on any atom is 0.0815 e. The number of rotatable bonds is 0. The van der Waals surface area contributed by atoms with Crippen molar-refractivity contribution in [3.8, 4) is 12.3 Å². The van der Waals surface area contributed by atoms with E-state index in [9.17, 15) is 0 Å². The Kier molecular flexibility index (Phi) is 3.13. The summed E-state index contributed by atoms with van der Waals surface area (Å²) in [5.74, 6) is 2.76. The van der Waals surface area contributed by atoms with Gasteiger partial charge in [0.1, 0.15) is 0 Å². The van der Waals surface area contributed by atoms with E-state index in [1.807, 2.05) is 66.8 Å². The van der Waals surface area contributed by atoms with Crippen molar-refractivity contribution in [1.29, 1.82) is 0 Å². The van der Waals surface area contributed by atoms with Crippen molar-refractivity contribution in [2.45, 2.75) is 0 Å². The molecule has 0 fully saturated rings. The van der Waals surface area contributed by atoms with E-state index in [0.29, 0.717) is 0 Å². The molecule has 26 heavy (non-hydrogen) atoms. The number of aromatic amines is 2. The lowest BCUT2D eigenvalue weighted by Crippen LogP contribution is -1.83. The predicted octanol–water partition coefficient (Wildman–Crippen LogP) is 4.64. The van der Waals surface area contributed by atoms with Gasteiger partial charge in [0.2, 0.25) is 0 Å². The molecule has 2 aliphatic heterocycles. The Hall–Kier alpha value is -3.84. The van der Waals surface area contributed by atoms with Crippen LogP contribution in [-0.4, -0.2) is 19.9 Å². The molecular formula is C22H14N4. The zero-order chi connectivity index (χ0) is 17.5. The van der Waals surface area contributed by atoms with Crippen LogP contribution in [0.2, 0.25) is 0 Å². The highest BCUT2D eigenvalue weighted by molar-refractivity contribution is 5.81. The molecule has 0 unspecified atom stereocenters. The lowest BCUT2D eigenvalue weighted by Gasteiger charge is -1.92.